The lowest BCUT2D eigenvalue weighted by atomic mass is 10.1. The summed E-state index contributed by atoms with van der Waals surface area (Å²) in [6, 6.07) is 8.06. The zero-order valence-electron chi connectivity index (χ0n) is 6.77. The second-order valence-corrected chi connectivity index (χ2v) is 3.19. The first-order valence-electron chi connectivity index (χ1n) is 3.83. The van der Waals surface area contributed by atoms with Crippen molar-refractivity contribution in [2.45, 2.75) is 5.33 Å². The average Bonchev–Trinajstić information content (AvgIpc) is 2.71. The molecule has 4 heteroatoms. The van der Waals surface area contributed by atoms with Crippen molar-refractivity contribution in [1.82, 2.24) is 10.3 Å². The fraction of sp³-hybridized carbons (Fsp3) is 0.111. The highest BCUT2D eigenvalue weighted by Crippen LogP contribution is 2.18. The van der Waals surface area contributed by atoms with Crippen molar-refractivity contribution in [2.75, 3.05) is 0 Å². The molecule has 0 amide bonds. The van der Waals surface area contributed by atoms with Crippen LogP contribution in [-0.2, 0) is 5.33 Å². The quantitative estimate of drug-likeness (QED) is 0.756. The molecule has 0 N–H and O–H groups in total. The van der Waals surface area contributed by atoms with Crippen LogP contribution in [0.1, 0.15) is 5.56 Å². The summed E-state index contributed by atoms with van der Waals surface area (Å²) in [7, 11) is 0. The molecule has 66 valence electrons. The third kappa shape index (κ3) is 1.78. The van der Waals surface area contributed by atoms with Gasteiger partial charge in [-0.2, -0.15) is 0 Å². The van der Waals surface area contributed by atoms with Crippen LogP contribution in [-0.4, -0.2) is 10.3 Å². The van der Waals surface area contributed by atoms with Gasteiger partial charge in [0.25, 0.3) is 0 Å². The molecular formula is C9H7BrN2O. The van der Waals surface area contributed by atoms with Crippen LogP contribution in [0.2, 0.25) is 0 Å². The summed E-state index contributed by atoms with van der Waals surface area (Å²) in [6.45, 7) is 0. The molecule has 0 bridgehead atoms. The van der Waals surface area contributed by atoms with E-state index in [9.17, 15) is 0 Å². The molecule has 0 saturated heterocycles. The maximum absolute atomic E-state index is 4.53. The lowest BCUT2D eigenvalue weighted by Crippen LogP contribution is -1.80. The molecule has 0 aliphatic heterocycles. The predicted molar refractivity (Wildman–Crippen MR) is 52.4 cm³/mol. The monoisotopic (exact) mass is 238 g/mol. The number of aromatic nitrogens is 2. The van der Waals surface area contributed by atoms with Crippen molar-refractivity contribution in [3.8, 4) is 11.3 Å². The van der Waals surface area contributed by atoms with Crippen molar-refractivity contribution in [2.24, 2.45) is 0 Å². The van der Waals surface area contributed by atoms with Crippen molar-refractivity contribution >= 4 is 15.9 Å². The first kappa shape index (κ1) is 8.44. The van der Waals surface area contributed by atoms with Gasteiger partial charge in [0, 0.05) is 10.9 Å². The molecule has 2 rings (SSSR count). The van der Waals surface area contributed by atoms with Gasteiger partial charge in [-0.25, -0.2) is 4.63 Å². The highest BCUT2D eigenvalue weighted by molar-refractivity contribution is 9.08. The highest BCUT2D eigenvalue weighted by Gasteiger charge is 2.01. The van der Waals surface area contributed by atoms with E-state index in [1.54, 1.807) is 6.20 Å². The highest BCUT2D eigenvalue weighted by atomic mass is 79.9. The number of benzene rings is 1. The summed E-state index contributed by atoms with van der Waals surface area (Å²) in [5.41, 5.74) is 3.00. The van der Waals surface area contributed by atoms with E-state index in [4.69, 9.17) is 0 Å². The Morgan fingerprint density at radius 1 is 1.38 bits per heavy atom. The Bertz CT molecular complexity index is 386. The van der Waals surface area contributed by atoms with E-state index in [-0.39, 0.29) is 0 Å². The Kier molecular flexibility index (Phi) is 2.40. The Hall–Kier alpha value is -1.16. The third-order valence-electron chi connectivity index (χ3n) is 1.74. The zero-order valence-corrected chi connectivity index (χ0v) is 8.36. The molecular weight excluding hydrogens is 232 g/mol. The minimum Gasteiger partial charge on any atom is -0.244 e. The van der Waals surface area contributed by atoms with Crippen LogP contribution in [0.25, 0.3) is 11.3 Å². The first-order valence-corrected chi connectivity index (χ1v) is 4.95. The van der Waals surface area contributed by atoms with E-state index >= 15 is 0 Å². The summed E-state index contributed by atoms with van der Waals surface area (Å²) < 4.78 is 4.53. The van der Waals surface area contributed by atoms with E-state index in [2.05, 4.69) is 30.9 Å². The molecule has 1 aromatic heterocycles. The molecule has 3 nitrogen and oxygen atoms in total. The number of hydrogen-bond donors (Lipinski definition) is 0. The van der Waals surface area contributed by atoms with Crippen LogP contribution in [0.15, 0.2) is 35.1 Å². The Labute approximate surface area is 83.9 Å². The summed E-state index contributed by atoms with van der Waals surface area (Å²) in [4.78, 5) is 0. The number of alkyl halides is 1. The van der Waals surface area contributed by atoms with Crippen molar-refractivity contribution in [3.05, 3.63) is 36.0 Å². The predicted octanol–water partition coefficient (Wildman–Crippen LogP) is 2.63. The number of nitrogens with zero attached hydrogens (tertiary/aromatic N) is 2. The third-order valence-corrected chi connectivity index (χ3v) is 2.39. The molecule has 0 spiro atoms. The number of hydrogen-bond acceptors (Lipinski definition) is 3. The van der Waals surface area contributed by atoms with Gasteiger partial charge in [-0.05, 0) is 16.8 Å². The van der Waals surface area contributed by atoms with Crippen LogP contribution < -0.4 is 0 Å². The van der Waals surface area contributed by atoms with Gasteiger partial charge >= 0.3 is 0 Å². The van der Waals surface area contributed by atoms with Crippen LogP contribution in [0.4, 0.5) is 0 Å². The summed E-state index contributed by atoms with van der Waals surface area (Å²) in [5.74, 6) is 0. The largest absolute Gasteiger partial charge is 0.244 e. The minimum atomic E-state index is 0.766. The molecule has 0 fully saturated rings. The molecule has 0 aliphatic carbocycles. The minimum absolute atomic E-state index is 0.766. The molecule has 2 aromatic rings. The van der Waals surface area contributed by atoms with Gasteiger partial charge in [0.05, 0.1) is 6.20 Å². The Morgan fingerprint density at radius 2 is 2.31 bits per heavy atom. The van der Waals surface area contributed by atoms with Crippen LogP contribution in [0, 0.1) is 0 Å². The van der Waals surface area contributed by atoms with E-state index in [1.165, 1.54) is 5.56 Å². The zero-order chi connectivity index (χ0) is 9.10. The van der Waals surface area contributed by atoms with Gasteiger partial charge in [-0.1, -0.05) is 39.3 Å². The van der Waals surface area contributed by atoms with Crippen molar-refractivity contribution < 1.29 is 4.63 Å². The van der Waals surface area contributed by atoms with E-state index < -0.39 is 0 Å². The van der Waals surface area contributed by atoms with Gasteiger partial charge in [-0.3, -0.25) is 0 Å². The lowest BCUT2D eigenvalue weighted by molar-refractivity contribution is 0.308. The summed E-state index contributed by atoms with van der Waals surface area (Å²) in [6.07, 6.45) is 1.60. The van der Waals surface area contributed by atoms with Gasteiger partial charge in [0.15, 0.2) is 0 Å². The van der Waals surface area contributed by atoms with Crippen LogP contribution >= 0.6 is 15.9 Å². The van der Waals surface area contributed by atoms with E-state index in [1.807, 2.05) is 24.3 Å². The maximum atomic E-state index is 4.53. The summed E-state index contributed by atoms with van der Waals surface area (Å²) >= 11 is 3.40. The molecule has 0 aliphatic rings. The first-order chi connectivity index (χ1) is 6.40. The van der Waals surface area contributed by atoms with Gasteiger partial charge < -0.3 is 0 Å². The van der Waals surface area contributed by atoms with Crippen LogP contribution in [0.3, 0.4) is 0 Å². The molecule has 0 saturated carbocycles. The van der Waals surface area contributed by atoms with E-state index in [0.29, 0.717) is 0 Å². The SMILES string of the molecule is BrCc1cccc(-c2cnon2)c1. The normalized spacial score (nSPS) is 10.2. The van der Waals surface area contributed by atoms with Gasteiger partial charge in [0.2, 0.25) is 0 Å². The standard InChI is InChI=1S/C9H7BrN2O/c10-5-7-2-1-3-8(4-7)9-6-11-13-12-9/h1-4,6H,5H2. The molecule has 13 heavy (non-hydrogen) atoms. The van der Waals surface area contributed by atoms with Crippen molar-refractivity contribution in [3.63, 3.8) is 0 Å². The molecule has 0 radical (unpaired) electrons. The van der Waals surface area contributed by atoms with Crippen LogP contribution in [0.5, 0.6) is 0 Å². The van der Waals surface area contributed by atoms with Crippen molar-refractivity contribution in [1.29, 1.82) is 0 Å². The summed E-state index contributed by atoms with van der Waals surface area (Å²) in [5, 5.41) is 8.16. The Balaban J connectivity index is 2.41. The molecule has 0 unspecified atom stereocenters. The smallest absolute Gasteiger partial charge is 0.135 e. The fourth-order valence-electron chi connectivity index (χ4n) is 1.11. The molecule has 1 heterocycles. The number of rotatable bonds is 2. The molecule has 1 aromatic carbocycles. The van der Waals surface area contributed by atoms with E-state index in [0.717, 1.165) is 16.6 Å². The second-order valence-electron chi connectivity index (χ2n) is 2.63. The lowest BCUT2D eigenvalue weighted by Gasteiger charge is -1.97. The Morgan fingerprint density at radius 3 is 3.00 bits per heavy atom. The topological polar surface area (TPSA) is 38.9 Å². The molecule has 0 atom stereocenters. The number of halogens is 1. The average molecular weight is 239 g/mol. The van der Waals surface area contributed by atoms with Gasteiger partial charge in [0.1, 0.15) is 5.69 Å². The second kappa shape index (κ2) is 3.70. The maximum Gasteiger partial charge on any atom is 0.135 e. The fourth-order valence-corrected chi connectivity index (χ4v) is 1.45. The van der Waals surface area contributed by atoms with Gasteiger partial charge in [-0.15, -0.1) is 0 Å².